The Morgan fingerprint density at radius 2 is 2.20 bits per heavy atom. The molecule has 1 amide bonds. The number of aliphatic carboxylic acids is 1. The van der Waals surface area contributed by atoms with E-state index in [0.29, 0.717) is 18.5 Å². The normalized spacial score (nSPS) is 11.4. The van der Waals surface area contributed by atoms with Gasteiger partial charge in [-0.15, -0.1) is 0 Å². The zero-order chi connectivity index (χ0) is 15.0. The van der Waals surface area contributed by atoms with Crippen molar-refractivity contribution in [1.29, 1.82) is 5.26 Å². The van der Waals surface area contributed by atoms with Crippen LogP contribution in [0.2, 0.25) is 0 Å². The quantitative estimate of drug-likeness (QED) is 0.786. The molecule has 1 heterocycles. The molecule has 2 N–H and O–H groups in total. The van der Waals surface area contributed by atoms with Crippen LogP contribution in [0.4, 0.5) is 0 Å². The third-order valence-electron chi connectivity index (χ3n) is 2.90. The van der Waals surface area contributed by atoms with Gasteiger partial charge in [-0.2, -0.15) is 5.26 Å². The summed E-state index contributed by atoms with van der Waals surface area (Å²) in [6, 6.07) is 4.97. The number of nitrogens with zero attached hydrogens (tertiary/aromatic N) is 2. The Labute approximate surface area is 117 Å². The molecule has 20 heavy (non-hydrogen) atoms. The topological polar surface area (TPSA) is 103 Å². The van der Waals surface area contributed by atoms with E-state index < -0.39 is 5.97 Å². The second-order valence-electron chi connectivity index (χ2n) is 4.63. The molecule has 0 bridgehead atoms. The van der Waals surface area contributed by atoms with Crippen LogP contribution in [0.5, 0.6) is 0 Å². The minimum Gasteiger partial charge on any atom is -0.481 e. The molecule has 1 unspecified atom stereocenters. The number of pyridine rings is 1. The smallest absolute Gasteiger partial charge is 0.303 e. The molecule has 1 aromatic heterocycles. The highest BCUT2D eigenvalue weighted by Gasteiger charge is 2.09. The summed E-state index contributed by atoms with van der Waals surface area (Å²) >= 11 is 0. The number of carboxylic acids is 1. The summed E-state index contributed by atoms with van der Waals surface area (Å²) in [6.07, 6.45) is 2.81. The molecule has 1 rings (SSSR count). The van der Waals surface area contributed by atoms with Crippen molar-refractivity contribution in [3.63, 3.8) is 0 Å². The maximum Gasteiger partial charge on any atom is 0.303 e. The van der Waals surface area contributed by atoms with Crippen LogP contribution in [-0.2, 0) is 4.79 Å². The van der Waals surface area contributed by atoms with E-state index in [1.807, 2.05) is 13.0 Å². The molecule has 0 aliphatic rings. The number of hydrogen-bond donors (Lipinski definition) is 2. The summed E-state index contributed by atoms with van der Waals surface area (Å²) in [6.45, 7) is 2.43. The Morgan fingerprint density at radius 1 is 1.45 bits per heavy atom. The average Bonchev–Trinajstić information content (AvgIpc) is 2.45. The number of nitriles is 1. The number of rotatable bonds is 7. The van der Waals surface area contributed by atoms with Gasteiger partial charge >= 0.3 is 5.97 Å². The van der Waals surface area contributed by atoms with Gasteiger partial charge in [0.05, 0.1) is 5.56 Å². The number of carbonyl (C=O) groups is 2. The van der Waals surface area contributed by atoms with Gasteiger partial charge in [-0.1, -0.05) is 6.92 Å². The van der Waals surface area contributed by atoms with Crippen molar-refractivity contribution in [2.75, 3.05) is 6.54 Å². The Morgan fingerprint density at radius 3 is 2.75 bits per heavy atom. The number of carboxylic acid groups (broad SMARTS) is 1. The second-order valence-corrected chi connectivity index (χ2v) is 4.63. The molecule has 0 radical (unpaired) electrons. The summed E-state index contributed by atoms with van der Waals surface area (Å²) in [5.74, 6) is -0.858. The van der Waals surface area contributed by atoms with Crippen molar-refractivity contribution in [1.82, 2.24) is 10.3 Å². The lowest BCUT2D eigenvalue weighted by Gasteiger charge is -2.10. The predicted molar refractivity (Wildman–Crippen MR) is 71.9 cm³/mol. The summed E-state index contributed by atoms with van der Waals surface area (Å²) in [5, 5.41) is 19.9. The van der Waals surface area contributed by atoms with Gasteiger partial charge in [0.2, 0.25) is 0 Å². The molecule has 0 aliphatic carbocycles. The van der Waals surface area contributed by atoms with Crippen LogP contribution in [0.25, 0.3) is 0 Å². The number of nitrogens with one attached hydrogen (secondary N) is 1. The maximum absolute atomic E-state index is 11.7. The van der Waals surface area contributed by atoms with Crippen LogP contribution in [0.1, 0.15) is 42.2 Å². The Kier molecular flexibility index (Phi) is 6.17. The first-order chi connectivity index (χ1) is 9.52. The fourth-order valence-corrected chi connectivity index (χ4v) is 1.63. The molecule has 0 saturated heterocycles. The van der Waals surface area contributed by atoms with Crippen molar-refractivity contribution in [2.45, 2.75) is 26.2 Å². The van der Waals surface area contributed by atoms with Crippen molar-refractivity contribution < 1.29 is 14.7 Å². The van der Waals surface area contributed by atoms with Gasteiger partial charge < -0.3 is 10.4 Å². The zero-order valence-electron chi connectivity index (χ0n) is 11.3. The summed E-state index contributed by atoms with van der Waals surface area (Å²) in [7, 11) is 0. The summed E-state index contributed by atoms with van der Waals surface area (Å²) < 4.78 is 0. The van der Waals surface area contributed by atoms with Crippen molar-refractivity contribution in [3.05, 3.63) is 29.6 Å². The number of carbonyl (C=O) groups excluding carboxylic acids is 1. The average molecular weight is 275 g/mol. The molecule has 0 spiro atoms. The minimum absolute atomic E-state index is 0.145. The van der Waals surface area contributed by atoms with E-state index >= 15 is 0 Å². The predicted octanol–water partition coefficient (Wildman–Crippen LogP) is 1.57. The zero-order valence-corrected chi connectivity index (χ0v) is 11.3. The van der Waals surface area contributed by atoms with Crippen molar-refractivity contribution in [2.24, 2.45) is 5.92 Å². The molecular weight excluding hydrogens is 258 g/mol. The van der Waals surface area contributed by atoms with Crippen molar-refractivity contribution in [3.8, 4) is 6.07 Å². The lowest BCUT2D eigenvalue weighted by atomic mass is 10.0. The molecule has 6 nitrogen and oxygen atoms in total. The molecule has 0 aliphatic heterocycles. The first kappa shape index (κ1) is 15.6. The summed E-state index contributed by atoms with van der Waals surface area (Å²) in [5.41, 5.74) is 0.672. The molecule has 1 atom stereocenters. The van der Waals surface area contributed by atoms with E-state index in [1.54, 1.807) is 0 Å². The highest BCUT2D eigenvalue weighted by molar-refractivity contribution is 5.92. The third kappa shape index (κ3) is 5.48. The van der Waals surface area contributed by atoms with Crippen LogP contribution in [0.3, 0.4) is 0 Å². The monoisotopic (exact) mass is 275 g/mol. The van der Waals surface area contributed by atoms with Gasteiger partial charge in [-0.05, 0) is 30.9 Å². The SMILES string of the molecule is CC(CCNC(=O)c1ccc(C#N)cn1)CCC(=O)O. The van der Waals surface area contributed by atoms with E-state index in [9.17, 15) is 9.59 Å². The highest BCUT2D eigenvalue weighted by atomic mass is 16.4. The van der Waals surface area contributed by atoms with Crippen LogP contribution >= 0.6 is 0 Å². The lowest BCUT2D eigenvalue weighted by molar-refractivity contribution is -0.137. The van der Waals surface area contributed by atoms with Gasteiger partial charge in [0.25, 0.3) is 5.91 Å². The highest BCUT2D eigenvalue weighted by Crippen LogP contribution is 2.09. The molecule has 0 fully saturated rings. The number of aromatic nitrogens is 1. The van der Waals surface area contributed by atoms with Crippen molar-refractivity contribution >= 4 is 11.9 Å². The van der Waals surface area contributed by atoms with E-state index in [-0.39, 0.29) is 23.9 Å². The van der Waals surface area contributed by atoms with Gasteiger partial charge in [0, 0.05) is 19.2 Å². The largest absolute Gasteiger partial charge is 0.481 e. The maximum atomic E-state index is 11.7. The van der Waals surface area contributed by atoms with E-state index in [1.165, 1.54) is 18.3 Å². The van der Waals surface area contributed by atoms with E-state index in [2.05, 4.69) is 10.3 Å². The fourth-order valence-electron chi connectivity index (χ4n) is 1.63. The summed E-state index contributed by atoms with van der Waals surface area (Å²) in [4.78, 5) is 26.1. The van der Waals surface area contributed by atoms with E-state index in [4.69, 9.17) is 10.4 Å². The fraction of sp³-hybridized carbons (Fsp3) is 0.429. The van der Waals surface area contributed by atoms with Gasteiger partial charge in [-0.3, -0.25) is 9.59 Å². The van der Waals surface area contributed by atoms with Crippen LogP contribution in [0, 0.1) is 17.2 Å². The molecule has 0 saturated carbocycles. The third-order valence-corrected chi connectivity index (χ3v) is 2.90. The molecular formula is C14H17N3O3. The van der Waals surface area contributed by atoms with Crippen LogP contribution in [-0.4, -0.2) is 28.5 Å². The van der Waals surface area contributed by atoms with Gasteiger partial charge in [0.1, 0.15) is 11.8 Å². The number of amides is 1. The first-order valence-corrected chi connectivity index (χ1v) is 6.39. The Balaban J connectivity index is 2.32. The van der Waals surface area contributed by atoms with Crippen LogP contribution < -0.4 is 5.32 Å². The lowest BCUT2D eigenvalue weighted by Crippen LogP contribution is -2.26. The minimum atomic E-state index is -0.803. The number of hydrogen-bond acceptors (Lipinski definition) is 4. The van der Waals surface area contributed by atoms with Gasteiger partial charge in [0.15, 0.2) is 0 Å². The van der Waals surface area contributed by atoms with Crippen LogP contribution in [0.15, 0.2) is 18.3 Å². The van der Waals surface area contributed by atoms with Gasteiger partial charge in [-0.25, -0.2) is 4.98 Å². The Hall–Kier alpha value is -2.42. The standard InChI is InChI=1S/C14H17N3O3/c1-10(2-5-13(18)19)6-7-16-14(20)12-4-3-11(8-15)9-17-12/h3-4,9-10H,2,5-7H2,1H3,(H,16,20)(H,18,19). The Bertz CT molecular complexity index is 505. The molecule has 106 valence electrons. The van der Waals surface area contributed by atoms with E-state index in [0.717, 1.165) is 6.42 Å². The first-order valence-electron chi connectivity index (χ1n) is 6.39. The molecule has 6 heteroatoms. The molecule has 1 aromatic rings. The second kappa shape index (κ2) is 7.89. The molecule has 0 aromatic carbocycles.